The molecule has 0 bridgehead atoms. The van der Waals surface area contributed by atoms with E-state index in [0.717, 1.165) is 18.2 Å². The van der Waals surface area contributed by atoms with Gasteiger partial charge in [0.15, 0.2) is 0 Å². The average molecular weight is 264 g/mol. The fourth-order valence-electron chi connectivity index (χ4n) is 2.36. The summed E-state index contributed by atoms with van der Waals surface area (Å²) in [5, 5.41) is 3.01. The fourth-order valence-corrected chi connectivity index (χ4v) is 2.36. The molecular formula is C15H18F2N2. The highest BCUT2D eigenvalue weighted by atomic mass is 19.1. The van der Waals surface area contributed by atoms with Crippen LogP contribution in [0.4, 0.5) is 14.5 Å². The first-order valence-corrected chi connectivity index (χ1v) is 6.37. The number of nitrogens with one attached hydrogen (secondary N) is 1. The summed E-state index contributed by atoms with van der Waals surface area (Å²) in [6.45, 7) is 7.65. The molecule has 0 radical (unpaired) electrons. The van der Waals surface area contributed by atoms with E-state index in [2.05, 4.69) is 36.7 Å². The van der Waals surface area contributed by atoms with Gasteiger partial charge in [-0.2, -0.15) is 0 Å². The van der Waals surface area contributed by atoms with E-state index in [1.54, 1.807) is 0 Å². The summed E-state index contributed by atoms with van der Waals surface area (Å²) in [7, 11) is 0. The Balaban J connectivity index is 2.14. The average Bonchev–Trinajstić information content (AvgIpc) is 2.63. The molecule has 0 aliphatic heterocycles. The Morgan fingerprint density at radius 3 is 2.47 bits per heavy atom. The second kappa shape index (κ2) is 5.43. The Morgan fingerprint density at radius 2 is 1.89 bits per heavy atom. The predicted octanol–water partition coefficient (Wildman–Crippen LogP) is 4.02. The molecule has 0 aliphatic carbocycles. The summed E-state index contributed by atoms with van der Waals surface area (Å²) in [6.07, 6.45) is 0. The first-order chi connectivity index (χ1) is 9.02. The van der Waals surface area contributed by atoms with Crippen molar-refractivity contribution in [2.24, 2.45) is 0 Å². The number of aromatic nitrogens is 1. The first kappa shape index (κ1) is 13.6. The molecule has 2 aromatic rings. The van der Waals surface area contributed by atoms with Crippen LogP contribution < -0.4 is 5.32 Å². The van der Waals surface area contributed by atoms with Gasteiger partial charge in [-0.15, -0.1) is 0 Å². The first-order valence-electron chi connectivity index (χ1n) is 6.37. The highest BCUT2D eigenvalue weighted by molar-refractivity contribution is 5.45. The van der Waals surface area contributed by atoms with Crippen LogP contribution in [-0.2, 0) is 13.1 Å². The van der Waals surface area contributed by atoms with Crippen molar-refractivity contribution in [2.75, 3.05) is 5.32 Å². The van der Waals surface area contributed by atoms with Crippen LogP contribution in [0.3, 0.4) is 0 Å². The summed E-state index contributed by atoms with van der Waals surface area (Å²) < 4.78 is 28.5. The molecule has 2 nitrogen and oxygen atoms in total. The van der Waals surface area contributed by atoms with Gasteiger partial charge in [-0.05, 0) is 44.5 Å². The van der Waals surface area contributed by atoms with E-state index in [4.69, 9.17) is 0 Å². The van der Waals surface area contributed by atoms with E-state index in [9.17, 15) is 8.78 Å². The summed E-state index contributed by atoms with van der Waals surface area (Å²) in [6, 6.07) is 5.65. The fraction of sp³-hybridized carbons (Fsp3) is 0.333. The molecule has 19 heavy (non-hydrogen) atoms. The largest absolute Gasteiger partial charge is 0.379 e. The molecular weight excluding hydrogens is 246 g/mol. The zero-order valence-electron chi connectivity index (χ0n) is 11.4. The van der Waals surface area contributed by atoms with Gasteiger partial charge in [0, 0.05) is 30.5 Å². The predicted molar refractivity (Wildman–Crippen MR) is 73.3 cm³/mol. The van der Waals surface area contributed by atoms with Crippen molar-refractivity contribution in [3.63, 3.8) is 0 Å². The van der Waals surface area contributed by atoms with Gasteiger partial charge < -0.3 is 9.88 Å². The smallest absolute Gasteiger partial charge is 0.149 e. The molecule has 0 fully saturated rings. The van der Waals surface area contributed by atoms with Crippen molar-refractivity contribution >= 4 is 5.69 Å². The van der Waals surface area contributed by atoms with E-state index in [1.807, 2.05) is 0 Å². The second-order valence-electron chi connectivity index (χ2n) is 4.62. The monoisotopic (exact) mass is 264 g/mol. The quantitative estimate of drug-likeness (QED) is 0.882. The minimum atomic E-state index is -0.565. The van der Waals surface area contributed by atoms with Gasteiger partial charge in [-0.3, -0.25) is 0 Å². The molecule has 1 N–H and O–H groups in total. The number of hydrogen-bond acceptors (Lipinski definition) is 1. The number of aryl methyl sites for hydroxylation is 1. The molecule has 0 atom stereocenters. The van der Waals surface area contributed by atoms with E-state index in [-0.39, 0.29) is 0 Å². The Kier molecular flexibility index (Phi) is 3.88. The van der Waals surface area contributed by atoms with Crippen molar-refractivity contribution in [3.8, 4) is 0 Å². The molecule has 1 aromatic heterocycles. The van der Waals surface area contributed by atoms with Crippen LogP contribution in [0.1, 0.15) is 23.9 Å². The minimum absolute atomic E-state index is 0.322. The molecule has 0 spiro atoms. The Morgan fingerprint density at radius 1 is 1.16 bits per heavy atom. The minimum Gasteiger partial charge on any atom is -0.379 e. The van der Waals surface area contributed by atoms with E-state index in [0.29, 0.717) is 12.2 Å². The van der Waals surface area contributed by atoms with Crippen molar-refractivity contribution in [1.29, 1.82) is 0 Å². The molecule has 0 saturated carbocycles. The van der Waals surface area contributed by atoms with Crippen LogP contribution in [0.15, 0.2) is 24.3 Å². The molecule has 102 valence electrons. The summed E-state index contributed by atoms with van der Waals surface area (Å²) in [5.41, 5.74) is 3.82. The van der Waals surface area contributed by atoms with Gasteiger partial charge in [0.2, 0.25) is 0 Å². The highest BCUT2D eigenvalue weighted by Crippen LogP contribution is 2.19. The maximum absolute atomic E-state index is 13.5. The molecule has 0 saturated heterocycles. The summed E-state index contributed by atoms with van der Waals surface area (Å²) >= 11 is 0. The normalized spacial score (nSPS) is 10.8. The molecule has 0 aliphatic rings. The number of halogens is 2. The van der Waals surface area contributed by atoms with E-state index >= 15 is 0 Å². The van der Waals surface area contributed by atoms with E-state index in [1.165, 1.54) is 23.5 Å². The lowest BCUT2D eigenvalue weighted by atomic mass is 10.2. The number of benzene rings is 1. The molecule has 0 amide bonds. The molecule has 0 unspecified atom stereocenters. The van der Waals surface area contributed by atoms with Crippen molar-refractivity contribution < 1.29 is 8.78 Å². The zero-order valence-corrected chi connectivity index (χ0v) is 11.4. The van der Waals surface area contributed by atoms with Crippen LogP contribution in [0.2, 0.25) is 0 Å². The topological polar surface area (TPSA) is 17.0 Å². The SMILES string of the molecule is CCn1c(C)cc(CNc2ccc(F)cc2F)c1C. The lowest BCUT2D eigenvalue weighted by Crippen LogP contribution is -2.04. The van der Waals surface area contributed by atoms with Crippen LogP contribution in [0.25, 0.3) is 0 Å². The maximum Gasteiger partial charge on any atom is 0.149 e. The van der Waals surface area contributed by atoms with Gasteiger partial charge in [-0.1, -0.05) is 0 Å². The number of anilines is 1. The van der Waals surface area contributed by atoms with Crippen molar-refractivity contribution in [3.05, 3.63) is 52.9 Å². The van der Waals surface area contributed by atoms with Crippen molar-refractivity contribution in [1.82, 2.24) is 4.57 Å². The van der Waals surface area contributed by atoms with Gasteiger partial charge in [0.1, 0.15) is 11.6 Å². The van der Waals surface area contributed by atoms with Crippen LogP contribution in [0, 0.1) is 25.5 Å². The Hall–Kier alpha value is -1.84. The zero-order chi connectivity index (χ0) is 14.0. The number of hydrogen-bond donors (Lipinski definition) is 1. The van der Waals surface area contributed by atoms with Gasteiger partial charge in [0.25, 0.3) is 0 Å². The summed E-state index contributed by atoms with van der Waals surface area (Å²) in [5.74, 6) is -1.13. The second-order valence-corrected chi connectivity index (χ2v) is 4.62. The molecule has 4 heteroatoms. The van der Waals surface area contributed by atoms with Gasteiger partial charge in [0.05, 0.1) is 5.69 Å². The molecule has 2 rings (SSSR count). The Bertz CT molecular complexity index is 588. The molecule has 1 heterocycles. The van der Waals surface area contributed by atoms with E-state index < -0.39 is 11.6 Å². The van der Waals surface area contributed by atoms with Crippen LogP contribution in [-0.4, -0.2) is 4.57 Å². The third-order valence-corrected chi connectivity index (χ3v) is 3.40. The standard InChI is InChI=1S/C15H18F2N2/c1-4-19-10(2)7-12(11(19)3)9-18-15-6-5-13(16)8-14(15)17/h5-8,18H,4,9H2,1-3H3. The molecule has 1 aromatic carbocycles. The van der Waals surface area contributed by atoms with Gasteiger partial charge in [-0.25, -0.2) is 8.78 Å². The number of rotatable bonds is 4. The van der Waals surface area contributed by atoms with Crippen LogP contribution >= 0.6 is 0 Å². The Labute approximate surface area is 112 Å². The van der Waals surface area contributed by atoms with Gasteiger partial charge >= 0.3 is 0 Å². The summed E-state index contributed by atoms with van der Waals surface area (Å²) in [4.78, 5) is 0. The third-order valence-electron chi connectivity index (χ3n) is 3.40. The lowest BCUT2D eigenvalue weighted by Gasteiger charge is -2.09. The highest BCUT2D eigenvalue weighted by Gasteiger charge is 2.09. The van der Waals surface area contributed by atoms with Crippen molar-refractivity contribution in [2.45, 2.75) is 33.9 Å². The van der Waals surface area contributed by atoms with Crippen LogP contribution in [0.5, 0.6) is 0 Å². The maximum atomic E-state index is 13.5. The third kappa shape index (κ3) is 2.78. The number of nitrogens with zero attached hydrogens (tertiary/aromatic N) is 1. The lowest BCUT2D eigenvalue weighted by molar-refractivity contribution is 0.585.